The number of carbonyl (C=O) groups is 1. The number of hydrogen-bond donors (Lipinski definition) is 2. The average Bonchev–Trinajstić information content (AvgIpc) is 2.69. The number of rotatable bonds is 3. The number of fused-ring (bicyclic) bond motifs is 1. The summed E-state index contributed by atoms with van der Waals surface area (Å²) >= 11 is 1.75. The van der Waals surface area contributed by atoms with Crippen LogP contribution < -0.4 is 11.1 Å². The van der Waals surface area contributed by atoms with E-state index in [1.54, 1.807) is 11.8 Å². The predicted molar refractivity (Wildman–Crippen MR) is 62.0 cm³/mol. The Bertz CT molecular complexity index is 367. The average molecular weight is 222 g/mol. The zero-order valence-corrected chi connectivity index (χ0v) is 9.22. The quantitative estimate of drug-likeness (QED) is 0.800. The molecule has 4 heteroatoms. The van der Waals surface area contributed by atoms with E-state index in [1.807, 2.05) is 18.2 Å². The fourth-order valence-corrected chi connectivity index (χ4v) is 2.93. The maximum Gasteiger partial charge on any atom is 0.228 e. The Balaban J connectivity index is 2.10. The number of nitrogens with one attached hydrogen (secondary N) is 1. The maximum atomic E-state index is 11.8. The van der Waals surface area contributed by atoms with E-state index < -0.39 is 0 Å². The third kappa shape index (κ3) is 2.16. The second-order valence-corrected chi connectivity index (χ2v) is 4.54. The molecule has 0 radical (unpaired) electrons. The highest BCUT2D eigenvalue weighted by molar-refractivity contribution is 7.99. The minimum Gasteiger partial charge on any atom is -0.354 e. The molecule has 0 aliphatic carbocycles. The second-order valence-electron chi connectivity index (χ2n) is 3.48. The fourth-order valence-electron chi connectivity index (χ4n) is 1.70. The summed E-state index contributed by atoms with van der Waals surface area (Å²) < 4.78 is 0. The van der Waals surface area contributed by atoms with Crippen LogP contribution in [0.1, 0.15) is 11.5 Å². The maximum absolute atomic E-state index is 11.8. The molecule has 2 rings (SSSR count). The van der Waals surface area contributed by atoms with Gasteiger partial charge in [0.05, 0.1) is 5.92 Å². The van der Waals surface area contributed by atoms with Crippen molar-refractivity contribution in [1.29, 1.82) is 0 Å². The highest BCUT2D eigenvalue weighted by Gasteiger charge is 2.28. The molecule has 3 nitrogen and oxygen atoms in total. The molecule has 80 valence electrons. The van der Waals surface area contributed by atoms with Crippen LogP contribution in [0.2, 0.25) is 0 Å². The first-order valence-corrected chi connectivity index (χ1v) is 6.01. The molecule has 1 aromatic carbocycles. The summed E-state index contributed by atoms with van der Waals surface area (Å²) in [6, 6.07) is 8.08. The van der Waals surface area contributed by atoms with Crippen LogP contribution in [0, 0.1) is 0 Å². The Morgan fingerprint density at radius 2 is 2.33 bits per heavy atom. The molecule has 1 aliphatic rings. The number of thioether (sulfide) groups is 1. The monoisotopic (exact) mass is 222 g/mol. The lowest BCUT2D eigenvalue weighted by atomic mass is 10.0. The molecule has 0 spiro atoms. The van der Waals surface area contributed by atoms with Crippen LogP contribution in [-0.2, 0) is 4.79 Å². The van der Waals surface area contributed by atoms with Gasteiger partial charge in [-0.25, -0.2) is 0 Å². The SMILES string of the molecule is NCCNC(=O)C1CSc2ccccc21. The Hall–Kier alpha value is -1.00. The molecule has 1 unspecified atom stereocenters. The normalized spacial score (nSPS) is 18.6. The summed E-state index contributed by atoms with van der Waals surface area (Å²) in [5.41, 5.74) is 6.50. The van der Waals surface area contributed by atoms with Gasteiger partial charge in [0.1, 0.15) is 0 Å². The van der Waals surface area contributed by atoms with E-state index in [1.165, 1.54) is 4.90 Å². The molecule has 0 aromatic heterocycles. The minimum absolute atomic E-state index is 0.00208. The summed E-state index contributed by atoms with van der Waals surface area (Å²) in [5, 5.41) is 2.84. The van der Waals surface area contributed by atoms with E-state index in [9.17, 15) is 4.79 Å². The highest BCUT2D eigenvalue weighted by Crippen LogP contribution is 2.39. The molecule has 1 atom stereocenters. The Morgan fingerprint density at radius 3 is 3.13 bits per heavy atom. The zero-order valence-electron chi connectivity index (χ0n) is 8.40. The van der Waals surface area contributed by atoms with E-state index in [4.69, 9.17) is 5.73 Å². The van der Waals surface area contributed by atoms with Gasteiger partial charge >= 0.3 is 0 Å². The van der Waals surface area contributed by atoms with Gasteiger partial charge < -0.3 is 11.1 Å². The lowest BCUT2D eigenvalue weighted by Gasteiger charge is -2.10. The largest absolute Gasteiger partial charge is 0.354 e. The summed E-state index contributed by atoms with van der Waals surface area (Å²) in [4.78, 5) is 13.0. The van der Waals surface area contributed by atoms with Gasteiger partial charge in [0.2, 0.25) is 5.91 Å². The van der Waals surface area contributed by atoms with Crippen molar-refractivity contribution in [3.8, 4) is 0 Å². The van der Waals surface area contributed by atoms with Crippen molar-refractivity contribution < 1.29 is 4.79 Å². The van der Waals surface area contributed by atoms with Crippen molar-refractivity contribution in [2.75, 3.05) is 18.8 Å². The first-order valence-electron chi connectivity index (χ1n) is 5.02. The number of hydrogen-bond acceptors (Lipinski definition) is 3. The Kier molecular flexibility index (Phi) is 3.28. The summed E-state index contributed by atoms with van der Waals surface area (Å²) in [7, 11) is 0. The molecule has 0 bridgehead atoms. The van der Waals surface area contributed by atoms with E-state index in [0.29, 0.717) is 13.1 Å². The van der Waals surface area contributed by atoms with E-state index in [0.717, 1.165) is 11.3 Å². The van der Waals surface area contributed by atoms with Crippen molar-refractivity contribution >= 4 is 17.7 Å². The van der Waals surface area contributed by atoms with Crippen LogP contribution in [-0.4, -0.2) is 24.7 Å². The predicted octanol–water partition coefficient (Wildman–Crippen LogP) is 0.951. The van der Waals surface area contributed by atoms with E-state index >= 15 is 0 Å². The molecule has 1 aromatic rings. The molecule has 1 heterocycles. The lowest BCUT2D eigenvalue weighted by Crippen LogP contribution is -2.33. The summed E-state index contributed by atoms with van der Waals surface area (Å²) in [6.07, 6.45) is 0. The highest BCUT2D eigenvalue weighted by atomic mass is 32.2. The van der Waals surface area contributed by atoms with E-state index in [-0.39, 0.29) is 11.8 Å². The minimum atomic E-state index is -0.00208. The van der Waals surface area contributed by atoms with Crippen molar-refractivity contribution in [3.63, 3.8) is 0 Å². The topological polar surface area (TPSA) is 55.1 Å². The van der Waals surface area contributed by atoms with Gasteiger partial charge in [0, 0.05) is 23.7 Å². The summed E-state index contributed by atoms with van der Waals surface area (Å²) in [5.74, 6) is 0.936. The Labute approximate surface area is 93.4 Å². The van der Waals surface area contributed by atoms with Crippen molar-refractivity contribution in [1.82, 2.24) is 5.32 Å². The molecular formula is C11H14N2OS. The van der Waals surface area contributed by atoms with E-state index in [2.05, 4.69) is 11.4 Å². The van der Waals surface area contributed by atoms with Gasteiger partial charge in [-0.2, -0.15) is 0 Å². The molecular weight excluding hydrogens is 208 g/mol. The molecule has 0 saturated heterocycles. The molecule has 1 aliphatic heterocycles. The van der Waals surface area contributed by atoms with Crippen LogP contribution in [0.15, 0.2) is 29.2 Å². The lowest BCUT2D eigenvalue weighted by molar-refractivity contribution is -0.122. The van der Waals surface area contributed by atoms with Crippen LogP contribution in [0.25, 0.3) is 0 Å². The number of carbonyl (C=O) groups excluding carboxylic acids is 1. The van der Waals surface area contributed by atoms with Crippen molar-refractivity contribution in [3.05, 3.63) is 29.8 Å². The van der Waals surface area contributed by atoms with Crippen LogP contribution in [0.4, 0.5) is 0 Å². The Morgan fingerprint density at radius 1 is 1.53 bits per heavy atom. The number of benzene rings is 1. The fraction of sp³-hybridized carbons (Fsp3) is 0.364. The standard InChI is InChI=1S/C11H14N2OS/c12-5-6-13-11(14)9-7-15-10-4-2-1-3-8(9)10/h1-4,9H,5-7,12H2,(H,13,14). The molecule has 0 fully saturated rings. The van der Waals surface area contributed by atoms with Crippen LogP contribution >= 0.6 is 11.8 Å². The van der Waals surface area contributed by atoms with Gasteiger partial charge in [-0.15, -0.1) is 11.8 Å². The first-order chi connectivity index (χ1) is 7.33. The smallest absolute Gasteiger partial charge is 0.228 e. The van der Waals surface area contributed by atoms with Gasteiger partial charge in [0.15, 0.2) is 0 Å². The summed E-state index contributed by atoms with van der Waals surface area (Å²) in [6.45, 7) is 1.05. The third-order valence-corrected chi connectivity index (χ3v) is 3.64. The van der Waals surface area contributed by atoms with Gasteiger partial charge in [0.25, 0.3) is 0 Å². The van der Waals surface area contributed by atoms with Crippen LogP contribution in [0.3, 0.4) is 0 Å². The van der Waals surface area contributed by atoms with Crippen molar-refractivity contribution in [2.45, 2.75) is 10.8 Å². The molecule has 15 heavy (non-hydrogen) atoms. The third-order valence-electron chi connectivity index (χ3n) is 2.46. The second kappa shape index (κ2) is 4.68. The molecule has 1 amide bonds. The van der Waals surface area contributed by atoms with Crippen molar-refractivity contribution in [2.24, 2.45) is 5.73 Å². The van der Waals surface area contributed by atoms with Crippen LogP contribution in [0.5, 0.6) is 0 Å². The van der Waals surface area contributed by atoms with Gasteiger partial charge in [-0.05, 0) is 11.6 Å². The van der Waals surface area contributed by atoms with Gasteiger partial charge in [-0.3, -0.25) is 4.79 Å². The molecule has 0 saturated carbocycles. The zero-order chi connectivity index (χ0) is 10.7. The number of amides is 1. The first kappa shape index (κ1) is 10.5. The molecule has 3 N–H and O–H groups in total. The number of nitrogens with two attached hydrogens (primary N) is 1. The van der Waals surface area contributed by atoms with Gasteiger partial charge in [-0.1, -0.05) is 18.2 Å².